The molecule has 1 aliphatic carbocycles. The third kappa shape index (κ3) is 3.62. The number of nitrogens with zero attached hydrogens (tertiary/aromatic N) is 1. The zero-order chi connectivity index (χ0) is 18.8. The summed E-state index contributed by atoms with van der Waals surface area (Å²) in [6, 6.07) is 14.3. The highest BCUT2D eigenvalue weighted by molar-refractivity contribution is 6.13. The highest BCUT2D eigenvalue weighted by Crippen LogP contribution is 2.37. The number of carbonyl (C=O) groups is 1. The summed E-state index contributed by atoms with van der Waals surface area (Å²) in [5.41, 5.74) is 4.03. The summed E-state index contributed by atoms with van der Waals surface area (Å²) < 4.78 is 10.7. The molecule has 0 amide bonds. The average molecular weight is 363 g/mol. The number of Topliss-reactive ketones (excluding diaryl/α,β-unsaturated/α-hetero) is 1. The molecule has 4 nitrogen and oxygen atoms in total. The smallest absolute Gasteiger partial charge is 0.189 e. The van der Waals surface area contributed by atoms with Crippen LogP contribution < -0.4 is 9.47 Å². The fraction of sp³-hybridized carbons (Fsp3) is 0.348. The van der Waals surface area contributed by atoms with Gasteiger partial charge in [0, 0.05) is 30.6 Å². The number of methoxy groups -OCH3 is 2. The molecule has 1 saturated heterocycles. The number of ether oxygens (including phenoxy) is 2. The first kappa shape index (κ1) is 17.8. The van der Waals surface area contributed by atoms with Crippen molar-refractivity contribution in [1.82, 2.24) is 4.90 Å². The number of hydrogen-bond acceptors (Lipinski definition) is 4. The lowest BCUT2D eigenvalue weighted by molar-refractivity contribution is 0.103. The van der Waals surface area contributed by atoms with Gasteiger partial charge < -0.3 is 9.47 Å². The second kappa shape index (κ2) is 7.57. The molecular weight excluding hydrogens is 338 g/mol. The lowest BCUT2D eigenvalue weighted by Crippen LogP contribution is -2.19. The van der Waals surface area contributed by atoms with Gasteiger partial charge in [-0.15, -0.1) is 0 Å². The van der Waals surface area contributed by atoms with Gasteiger partial charge in [0.1, 0.15) is 0 Å². The van der Waals surface area contributed by atoms with Gasteiger partial charge in [0.05, 0.1) is 14.2 Å². The maximum Gasteiger partial charge on any atom is 0.189 e. The third-order valence-electron chi connectivity index (χ3n) is 5.52. The second-order valence-corrected chi connectivity index (χ2v) is 7.33. The average Bonchev–Trinajstić information content (AvgIpc) is 3.26. The van der Waals surface area contributed by atoms with Crippen molar-refractivity contribution in [2.45, 2.75) is 19.4 Å². The SMILES string of the molecule is COc1cc2c(cc1OC)C(=O)/C(=C/C1CCN(Cc3ccccc3)C1)C2. The summed E-state index contributed by atoms with van der Waals surface area (Å²) in [6.45, 7) is 3.06. The Morgan fingerprint density at radius 2 is 1.85 bits per heavy atom. The van der Waals surface area contributed by atoms with Crippen LogP contribution in [0.25, 0.3) is 0 Å². The first-order chi connectivity index (χ1) is 13.2. The monoisotopic (exact) mass is 363 g/mol. The minimum absolute atomic E-state index is 0.132. The Balaban J connectivity index is 1.46. The van der Waals surface area contributed by atoms with E-state index in [0.29, 0.717) is 23.8 Å². The minimum atomic E-state index is 0.132. The molecule has 0 radical (unpaired) electrons. The molecule has 0 saturated carbocycles. The standard InChI is InChI=1S/C23H25NO3/c1-26-21-12-18-11-19(23(25)20(18)13-22(21)27-2)10-17-8-9-24(15-17)14-16-6-4-3-5-7-16/h3-7,10,12-13,17H,8-9,11,14-15H2,1-2H3/b19-10+. The van der Waals surface area contributed by atoms with Crippen LogP contribution in [0.2, 0.25) is 0 Å². The van der Waals surface area contributed by atoms with Crippen LogP contribution >= 0.6 is 0 Å². The van der Waals surface area contributed by atoms with Crippen molar-refractivity contribution < 1.29 is 14.3 Å². The van der Waals surface area contributed by atoms with E-state index in [9.17, 15) is 4.79 Å². The van der Waals surface area contributed by atoms with Crippen LogP contribution in [-0.4, -0.2) is 38.0 Å². The van der Waals surface area contributed by atoms with Crippen molar-refractivity contribution in [3.63, 3.8) is 0 Å². The number of ketones is 1. The predicted molar refractivity (Wildman–Crippen MR) is 105 cm³/mol. The normalized spacial score (nSPS) is 20.9. The van der Waals surface area contributed by atoms with E-state index in [1.807, 2.05) is 18.2 Å². The number of likely N-dealkylation sites (tertiary alicyclic amines) is 1. The number of hydrogen-bond donors (Lipinski definition) is 0. The Bertz CT molecular complexity index is 873. The van der Waals surface area contributed by atoms with Gasteiger partial charge in [-0.25, -0.2) is 0 Å². The van der Waals surface area contributed by atoms with Gasteiger partial charge in [0.15, 0.2) is 17.3 Å². The van der Waals surface area contributed by atoms with Gasteiger partial charge in [0.2, 0.25) is 0 Å². The molecule has 1 atom stereocenters. The molecule has 4 heteroatoms. The van der Waals surface area contributed by atoms with Crippen LogP contribution in [0.4, 0.5) is 0 Å². The zero-order valence-electron chi connectivity index (χ0n) is 15.9. The number of fused-ring (bicyclic) bond motifs is 1. The molecule has 27 heavy (non-hydrogen) atoms. The molecule has 1 aliphatic heterocycles. The maximum absolute atomic E-state index is 12.8. The van der Waals surface area contributed by atoms with E-state index in [1.54, 1.807) is 14.2 Å². The summed E-state index contributed by atoms with van der Waals surface area (Å²) in [5, 5.41) is 0. The summed E-state index contributed by atoms with van der Waals surface area (Å²) in [5.74, 6) is 1.86. The van der Waals surface area contributed by atoms with Crippen molar-refractivity contribution in [2.75, 3.05) is 27.3 Å². The van der Waals surface area contributed by atoms with E-state index < -0.39 is 0 Å². The van der Waals surface area contributed by atoms with E-state index in [-0.39, 0.29) is 5.78 Å². The lowest BCUT2D eigenvalue weighted by atomic mass is 10.0. The largest absolute Gasteiger partial charge is 0.493 e. The first-order valence-electron chi connectivity index (χ1n) is 9.44. The molecule has 2 aliphatic rings. The number of benzene rings is 2. The highest BCUT2D eigenvalue weighted by atomic mass is 16.5. The van der Waals surface area contributed by atoms with Crippen molar-refractivity contribution in [3.05, 3.63) is 70.8 Å². The molecule has 1 heterocycles. The number of allylic oxidation sites excluding steroid dienone is 1. The van der Waals surface area contributed by atoms with Gasteiger partial charge in [-0.2, -0.15) is 0 Å². The van der Waals surface area contributed by atoms with E-state index in [2.05, 4.69) is 35.2 Å². The molecule has 1 unspecified atom stereocenters. The van der Waals surface area contributed by atoms with Gasteiger partial charge in [-0.1, -0.05) is 36.4 Å². The molecule has 2 aromatic rings. The summed E-state index contributed by atoms with van der Waals surface area (Å²) >= 11 is 0. The van der Waals surface area contributed by atoms with Gasteiger partial charge in [0.25, 0.3) is 0 Å². The highest BCUT2D eigenvalue weighted by Gasteiger charge is 2.29. The minimum Gasteiger partial charge on any atom is -0.493 e. The lowest BCUT2D eigenvalue weighted by Gasteiger charge is -2.15. The molecule has 1 fully saturated rings. The van der Waals surface area contributed by atoms with E-state index >= 15 is 0 Å². The Morgan fingerprint density at radius 3 is 2.59 bits per heavy atom. The first-order valence-corrected chi connectivity index (χ1v) is 9.44. The Morgan fingerprint density at radius 1 is 1.11 bits per heavy atom. The Hall–Kier alpha value is -2.59. The zero-order valence-corrected chi connectivity index (χ0v) is 15.9. The second-order valence-electron chi connectivity index (χ2n) is 7.33. The molecular formula is C23H25NO3. The summed E-state index contributed by atoms with van der Waals surface area (Å²) in [7, 11) is 3.22. The molecule has 2 aromatic carbocycles. The predicted octanol–water partition coefficient (Wildman–Crippen LogP) is 3.89. The van der Waals surface area contributed by atoms with Crippen molar-refractivity contribution in [3.8, 4) is 11.5 Å². The number of rotatable bonds is 5. The van der Waals surface area contributed by atoms with Crippen LogP contribution in [0, 0.1) is 5.92 Å². The van der Waals surface area contributed by atoms with Crippen molar-refractivity contribution in [1.29, 1.82) is 0 Å². The van der Waals surface area contributed by atoms with E-state index in [1.165, 1.54) is 5.56 Å². The quantitative estimate of drug-likeness (QED) is 0.756. The Kier molecular flexibility index (Phi) is 4.99. The fourth-order valence-corrected chi connectivity index (χ4v) is 4.14. The van der Waals surface area contributed by atoms with Gasteiger partial charge in [-0.05, 0) is 42.1 Å². The van der Waals surface area contributed by atoms with Crippen molar-refractivity contribution >= 4 is 5.78 Å². The maximum atomic E-state index is 12.8. The molecule has 4 rings (SSSR count). The van der Waals surface area contributed by atoms with Gasteiger partial charge >= 0.3 is 0 Å². The molecule has 0 aromatic heterocycles. The topological polar surface area (TPSA) is 38.8 Å². The molecule has 140 valence electrons. The summed E-state index contributed by atoms with van der Waals surface area (Å²) in [6.07, 6.45) is 3.99. The van der Waals surface area contributed by atoms with Crippen molar-refractivity contribution in [2.24, 2.45) is 5.92 Å². The molecule has 0 spiro atoms. The fourth-order valence-electron chi connectivity index (χ4n) is 4.14. The van der Waals surface area contributed by atoms with Crippen LogP contribution in [0.1, 0.15) is 27.9 Å². The van der Waals surface area contributed by atoms with Crippen LogP contribution in [0.3, 0.4) is 0 Å². The third-order valence-corrected chi connectivity index (χ3v) is 5.52. The number of carbonyl (C=O) groups excluding carboxylic acids is 1. The molecule has 0 bridgehead atoms. The van der Waals surface area contributed by atoms with Crippen LogP contribution in [0.5, 0.6) is 11.5 Å². The van der Waals surface area contributed by atoms with E-state index in [4.69, 9.17) is 9.47 Å². The Labute approximate surface area is 160 Å². The van der Waals surface area contributed by atoms with E-state index in [0.717, 1.165) is 42.8 Å². The van der Waals surface area contributed by atoms with Crippen LogP contribution in [0.15, 0.2) is 54.1 Å². The van der Waals surface area contributed by atoms with Gasteiger partial charge in [-0.3, -0.25) is 9.69 Å². The van der Waals surface area contributed by atoms with Crippen LogP contribution in [-0.2, 0) is 13.0 Å². The summed E-state index contributed by atoms with van der Waals surface area (Å²) in [4.78, 5) is 15.3. The molecule has 0 N–H and O–H groups in total.